The van der Waals surface area contributed by atoms with E-state index in [1.165, 1.54) is 56.6 Å². The summed E-state index contributed by atoms with van der Waals surface area (Å²) in [7, 11) is 0. The molecule has 282 valence electrons. The Morgan fingerprint density at radius 1 is 0.421 bits per heavy atom. The van der Waals surface area contributed by atoms with Crippen LogP contribution in [-0.2, 0) is 19.2 Å². The van der Waals surface area contributed by atoms with Gasteiger partial charge in [-0.15, -0.1) is 15.3 Å². The van der Waals surface area contributed by atoms with Crippen LogP contribution in [0.1, 0.15) is 41.4 Å². The van der Waals surface area contributed by atoms with E-state index in [1.807, 2.05) is 0 Å². The predicted molar refractivity (Wildman–Crippen MR) is 185 cm³/mol. The summed E-state index contributed by atoms with van der Waals surface area (Å²) in [6.07, 6.45) is 5.22. The summed E-state index contributed by atoms with van der Waals surface area (Å²) in [6, 6.07) is 21.2. The van der Waals surface area contributed by atoms with Crippen molar-refractivity contribution < 1.29 is 58.8 Å². The summed E-state index contributed by atoms with van der Waals surface area (Å²) in [5.41, 5.74) is 3.42. The van der Waals surface area contributed by atoms with E-state index in [4.69, 9.17) is 19.2 Å². The molecule has 0 spiro atoms. The molecule has 7 aromatic rings. The van der Waals surface area contributed by atoms with Crippen LogP contribution in [-0.4, -0.2) is 102 Å². The zero-order valence-corrected chi connectivity index (χ0v) is 28.4. The lowest BCUT2D eigenvalue weighted by molar-refractivity contribution is -0.193. The normalized spacial score (nSPS) is 10.1. The highest BCUT2D eigenvalue weighted by Crippen LogP contribution is 2.32. The number of carbonyl (C=O) groups excluding carboxylic acids is 4. The number of benzene rings is 4. The van der Waals surface area contributed by atoms with Gasteiger partial charge in [0.15, 0.2) is 0 Å². The average Bonchev–Trinajstić information content (AvgIpc) is 4.01. The van der Waals surface area contributed by atoms with Crippen LogP contribution in [0.15, 0.2) is 104 Å². The molecule has 0 aliphatic heterocycles. The molecule has 21 heteroatoms. The summed E-state index contributed by atoms with van der Waals surface area (Å²) in [5.74, 6) is -4.83. The van der Waals surface area contributed by atoms with E-state index in [2.05, 4.69) is 30.9 Å². The zero-order valence-electron chi connectivity index (χ0n) is 28.4. The molecular formula is C36H21N9O12. The Hall–Kier alpha value is -9.06. The Morgan fingerprint density at radius 3 is 1.04 bits per heavy atom. The molecule has 21 nitrogen and oxygen atoms in total. The number of aromatic carboxylic acids is 4. The van der Waals surface area contributed by atoms with Gasteiger partial charge in [0.1, 0.15) is 17.1 Å². The molecule has 0 unspecified atom stereocenters. The Kier molecular flexibility index (Phi) is 11.8. The van der Waals surface area contributed by atoms with Gasteiger partial charge in [0.05, 0.1) is 57.9 Å². The average molecular weight is 772 g/mol. The Bertz CT molecular complexity index is 2580. The largest absolute Gasteiger partial charge is 0.478 e. The van der Waals surface area contributed by atoms with Gasteiger partial charge in [-0.25, -0.2) is 33.2 Å². The molecule has 0 aliphatic rings. The van der Waals surface area contributed by atoms with E-state index in [0.29, 0.717) is 45.1 Å². The van der Waals surface area contributed by atoms with E-state index >= 15 is 0 Å². The van der Waals surface area contributed by atoms with Crippen LogP contribution in [0.2, 0.25) is 0 Å². The first-order chi connectivity index (χ1) is 27.3. The minimum absolute atomic E-state index is 0.0678. The molecule has 0 atom stereocenters. The molecule has 0 fully saturated rings. The highest BCUT2D eigenvalue weighted by Gasteiger charge is 2.18. The second kappa shape index (κ2) is 17.2. The van der Waals surface area contributed by atoms with Crippen LogP contribution >= 0.6 is 0 Å². The number of nitrogens with zero attached hydrogens (tertiary/aromatic N) is 9. The maximum atomic E-state index is 11.7. The van der Waals surface area contributed by atoms with E-state index in [1.54, 1.807) is 54.9 Å². The zero-order chi connectivity index (χ0) is 41.2. The van der Waals surface area contributed by atoms with Crippen molar-refractivity contribution in [1.82, 2.24) is 45.0 Å². The first-order valence-corrected chi connectivity index (χ1v) is 15.6. The molecular weight excluding hydrogens is 750 g/mol. The first-order valence-electron chi connectivity index (χ1n) is 15.6. The summed E-state index contributed by atoms with van der Waals surface area (Å²) in [4.78, 5) is 78.9. The van der Waals surface area contributed by atoms with Crippen molar-refractivity contribution in [3.8, 4) is 50.8 Å². The molecule has 3 aromatic heterocycles. The van der Waals surface area contributed by atoms with Crippen molar-refractivity contribution in [3.63, 3.8) is 0 Å². The van der Waals surface area contributed by atoms with E-state index in [9.17, 15) is 39.6 Å². The molecule has 4 N–H and O–H groups in total. The molecule has 0 amide bonds. The third-order valence-electron chi connectivity index (χ3n) is 7.69. The number of hydrogen-bond acceptors (Lipinski definition) is 14. The van der Waals surface area contributed by atoms with E-state index in [0.717, 1.165) is 6.07 Å². The quantitative estimate of drug-likeness (QED) is 0.155. The number of aromatic nitrogens is 9. The van der Waals surface area contributed by atoms with Crippen LogP contribution in [0.5, 0.6) is 0 Å². The second-order valence-corrected chi connectivity index (χ2v) is 11.2. The lowest BCUT2D eigenvalue weighted by Crippen LogP contribution is -2.06. The van der Waals surface area contributed by atoms with Crippen molar-refractivity contribution in [2.45, 2.75) is 0 Å². The fourth-order valence-electron chi connectivity index (χ4n) is 5.19. The van der Waals surface area contributed by atoms with Gasteiger partial charge in [0, 0.05) is 16.7 Å². The molecule has 0 saturated carbocycles. The van der Waals surface area contributed by atoms with Gasteiger partial charge in [-0.2, -0.15) is 19.2 Å². The highest BCUT2D eigenvalue weighted by atomic mass is 16.4. The van der Waals surface area contributed by atoms with E-state index < -0.39 is 23.9 Å². The van der Waals surface area contributed by atoms with Crippen LogP contribution < -0.4 is 0 Å². The summed E-state index contributed by atoms with van der Waals surface area (Å²) in [5, 5.41) is 63.3. The number of rotatable bonds is 10. The third kappa shape index (κ3) is 9.12. The van der Waals surface area contributed by atoms with E-state index in [-0.39, 0.29) is 40.2 Å². The van der Waals surface area contributed by atoms with Gasteiger partial charge < -0.3 is 20.4 Å². The number of carboxylic acids is 4. The lowest BCUT2D eigenvalue weighted by atomic mass is 10.0. The third-order valence-corrected chi connectivity index (χ3v) is 7.69. The molecule has 3 heterocycles. The topological polar surface area (TPSA) is 310 Å². The SMILES string of the molecule is O=C(O)c1cccc(-n2cc(-c3cc(-c4cn(-c5cccc(C(=O)O)c5)nn4)cc(-c4cn(-c5cc(C(=O)O)cc(C(=O)O)c5)nn4)c3)nn2)c1.O=C=O.O=C=O. The molecule has 7 rings (SSSR count). The number of hydrogen-bond donors (Lipinski definition) is 4. The molecule has 0 radical (unpaired) electrons. The fourth-order valence-corrected chi connectivity index (χ4v) is 5.19. The van der Waals surface area contributed by atoms with Crippen LogP contribution in [0, 0.1) is 0 Å². The number of carboxylic acid groups (broad SMARTS) is 4. The summed E-state index contributed by atoms with van der Waals surface area (Å²) < 4.78 is 4.09. The van der Waals surface area contributed by atoms with Crippen LogP contribution in [0.3, 0.4) is 0 Å². The minimum Gasteiger partial charge on any atom is -0.478 e. The van der Waals surface area contributed by atoms with Gasteiger partial charge in [-0.1, -0.05) is 27.8 Å². The Morgan fingerprint density at radius 2 is 0.719 bits per heavy atom. The van der Waals surface area contributed by atoms with Crippen molar-refractivity contribution in [3.05, 3.63) is 126 Å². The Labute approximate surface area is 316 Å². The fraction of sp³-hybridized carbons (Fsp3) is 0. The van der Waals surface area contributed by atoms with Crippen molar-refractivity contribution in [2.24, 2.45) is 0 Å². The monoisotopic (exact) mass is 771 g/mol. The molecule has 4 aromatic carbocycles. The van der Waals surface area contributed by atoms with Crippen molar-refractivity contribution in [1.29, 1.82) is 0 Å². The van der Waals surface area contributed by atoms with Gasteiger partial charge in [0.25, 0.3) is 0 Å². The van der Waals surface area contributed by atoms with Crippen molar-refractivity contribution >= 4 is 36.2 Å². The van der Waals surface area contributed by atoms with Gasteiger partial charge >= 0.3 is 36.2 Å². The second-order valence-electron chi connectivity index (χ2n) is 11.2. The molecule has 0 aliphatic carbocycles. The van der Waals surface area contributed by atoms with Crippen molar-refractivity contribution in [2.75, 3.05) is 0 Å². The summed E-state index contributed by atoms with van der Waals surface area (Å²) in [6.45, 7) is 0. The van der Waals surface area contributed by atoms with Gasteiger partial charge in [0.2, 0.25) is 0 Å². The first kappa shape index (κ1) is 39.2. The van der Waals surface area contributed by atoms with Gasteiger partial charge in [-0.05, 0) is 72.8 Å². The Balaban J connectivity index is 0.000000973. The predicted octanol–water partition coefficient (Wildman–Crippen LogP) is 3.06. The molecule has 0 bridgehead atoms. The standard InChI is InChI=1S/C34H21N9O8.2CO2/c44-31(45)18-3-1-5-25(11-18)41-15-28(35-38-41)20-7-21(29-16-42(39-36-29)26-6-2-4-19(12-26)32(46)47)9-22(8-20)30-17-43(40-37-30)27-13-23(33(48)49)10-24(14-27)34(50)51;2*2-1-3/h1-17H,(H,44,45)(H,46,47)(H,48,49)(H,50,51);;. The summed E-state index contributed by atoms with van der Waals surface area (Å²) >= 11 is 0. The number of carbonyl (C=O) groups is 4. The molecule has 57 heavy (non-hydrogen) atoms. The van der Waals surface area contributed by atoms with Gasteiger partial charge in [-0.3, -0.25) is 0 Å². The smallest absolute Gasteiger partial charge is 0.373 e. The minimum atomic E-state index is -1.32. The maximum Gasteiger partial charge on any atom is 0.373 e. The molecule has 0 saturated heterocycles. The maximum absolute atomic E-state index is 11.7. The highest BCUT2D eigenvalue weighted by molar-refractivity contribution is 5.95. The lowest BCUT2D eigenvalue weighted by Gasteiger charge is -2.06. The van der Waals surface area contributed by atoms with Crippen LogP contribution in [0.25, 0.3) is 50.8 Å². The van der Waals surface area contributed by atoms with Crippen LogP contribution in [0.4, 0.5) is 0 Å².